The predicted octanol–water partition coefficient (Wildman–Crippen LogP) is 19.3. The van der Waals surface area contributed by atoms with Gasteiger partial charge in [-0.15, -0.1) is 0 Å². The van der Waals surface area contributed by atoms with E-state index in [0.717, 1.165) is 111 Å². The van der Waals surface area contributed by atoms with E-state index in [2.05, 4.69) is 240 Å². The van der Waals surface area contributed by atoms with Crippen molar-refractivity contribution >= 4 is 82.4 Å². The van der Waals surface area contributed by atoms with Crippen molar-refractivity contribution in [2.75, 3.05) is 4.90 Å². The van der Waals surface area contributed by atoms with Crippen LogP contribution in [0.3, 0.4) is 0 Å². The summed E-state index contributed by atoms with van der Waals surface area (Å²) in [6, 6.07) is 91.9. The van der Waals surface area contributed by atoms with E-state index in [4.69, 9.17) is 4.42 Å². The lowest BCUT2D eigenvalue weighted by atomic mass is 9.90. The maximum absolute atomic E-state index is 13.9. The molecule has 0 N–H and O–H groups in total. The normalized spacial score (nSPS) is 11.7. The summed E-state index contributed by atoms with van der Waals surface area (Å²) in [5.41, 5.74) is 16.9. The Morgan fingerprint density at radius 3 is 1.78 bits per heavy atom. The second-order valence-electron chi connectivity index (χ2n) is 18.6. The van der Waals surface area contributed by atoms with Crippen LogP contribution in [0.15, 0.2) is 265 Å². The van der Waals surface area contributed by atoms with Gasteiger partial charge in [-0.2, -0.15) is 0 Å². The third-order valence-corrected chi connectivity index (χ3v) is 14.4. The van der Waals surface area contributed by atoms with E-state index in [0.29, 0.717) is 0 Å². The van der Waals surface area contributed by atoms with Gasteiger partial charge in [0.15, 0.2) is 0 Å². The predicted molar refractivity (Wildman–Crippen MR) is 299 cm³/mol. The molecule has 0 aliphatic rings. The number of halogens is 1. The first-order valence-electron chi connectivity index (χ1n) is 24.4. The highest BCUT2D eigenvalue weighted by molar-refractivity contribution is 6.13. The third kappa shape index (κ3) is 6.95. The molecule has 14 rings (SSSR count). The summed E-state index contributed by atoms with van der Waals surface area (Å²) >= 11 is 0. The molecule has 0 radical (unpaired) electrons. The van der Waals surface area contributed by atoms with Gasteiger partial charge in [-0.1, -0.05) is 170 Å². The van der Waals surface area contributed by atoms with Crippen molar-refractivity contribution in [1.82, 2.24) is 4.57 Å². The fourth-order valence-electron chi connectivity index (χ4n) is 11.0. The second kappa shape index (κ2) is 16.9. The first kappa shape index (κ1) is 41.5. The van der Waals surface area contributed by atoms with Gasteiger partial charge in [0.2, 0.25) is 0 Å². The van der Waals surface area contributed by atoms with Crippen LogP contribution in [0.1, 0.15) is 0 Å². The number of aromatic nitrogens is 1. The lowest BCUT2D eigenvalue weighted by Crippen LogP contribution is -2.10. The molecule has 0 saturated carbocycles. The van der Waals surface area contributed by atoms with Crippen molar-refractivity contribution in [2.45, 2.75) is 0 Å². The summed E-state index contributed by atoms with van der Waals surface area (Å²) in [5, 5.41) is 9.27. The quantitative estimate of drug-likeness (QED) is 0.151. The van der Waals surface area contributed by atoms with Crippen LogP contribution < -0.4 is 4.90 Å². The van der Waals surface area contributed by atoms with Gasteiger partial charge >= 0.3 is 0 Å². The highest BCUT2D eigenvalue weighted by Gasteiger charge is 2.21. The maximum Gasteiger partial charge on any atom is 0.143 e. The minimum Gasteiger partial charge on any atom is -0.455 e. The number of hydrogen-bond donors (Lipinski definition) is 0. The molecule has 3 nitrogen and oxygen atoms in total. The molecular weight excluding hydrogens is 880 g/mol. The topological polar surface area (TPSA) is 21.3 Å². The fraction of sp³-hybridized carbons (Fsp3) is 0. The Hall–Kier alpha value is -9.51. The second-order valence-corrected chi connectivity index (χ2v) is 18.6. The van der Waals surface area contributed by atoms with E-state index in [-0.39, 0.29) is 5.82 Å². The molecule has 0 fully saturated rings. The van der Waals surface area contributed by atoms with E-state index in [1.165, 1.54) is 33.7 Å². The molecule has 0 unspecified atom stereocenters. The number of rotatable bonds is 8. The molecule has 0 saturated heterocycles. The van der Waals surface area contributed by atoms with Crippen LogP contribution >= 0.6 is 0 Å². The minimum atomic E-state index is -0.241. The maximum atomic E-state index is 13.9. The van der Waals surface area contributed by atoms with Crippen LogP contribution in [0.25, 0.3) is 115 Å². The molecule has 4 heteroatoms. The highest BCUT2D eigenvalue weighted by Crippen LogP contribution is 2.46. The van der Waals surface area contributed by atoms with Crippen molar-refractivity contribution in [1.29, 1.82) is 0 Å². The Kier molecular flexibility index (Phi) is 9.71. The number of anilines is 3. The zero-order chi connectivity index (χ0) is 47.7. The van der Waals surface area contributed by atoms with Crippen LogP contribution in [0.5, 0.6) is 0 Å². The van der Waals surface area contributed by atoms with Crippen LogP contribution in [-0.2, 0) is 0 Å². The zero-order valence-corrected chi connectivity index (χ0v) is 39.0. The van der Waals surface area contributed by atoms with Crippen molar-refractivity contribution in [3.05, 3.63) is 267 Å². The van der Waals surface area contributed by atoms with Gasteiger partial charge in [0.1, 0.15) is 17.0 Å². The summed E-state index contributed by atoms with van der Waals surface area (Å²) < 4.78 is 23.0. The summed E-state index contributed by atoms with van der Waals surface area (Å²) in [6.07, 6.45) is 0. The minimum absolute atomic E-state index is 0.241. The van der Waals surface area contributed by atoms with Gasteiger partial charge in [0, 0.05) is 49.6 Å². The molecule has 0 aliphatic heterocycles. The molecule has 338 valence electrons. The number of para-hydroxylation sites is 4. The van der Waals surface area contributed by atoms with Crippen molar-refractivity contribution in [3.63, 3.8) is 0 Å². The molecule has 72 heavy (non-hydrogen) atoms. The molecule has 2 heterocycles. The third-order valence-electron chi connectivity index (χ3n) is 14.4. The van der Waals surface area contributed by atoms with Crippen LogP contribution in [-0.4, -0.2) is 4.57 Å². The highest BCUT2D eigenvalue weighted by atomic mass is 19.1. The van der Waals surface area contributed by atoms with Gasteiger partial charge in [-0.25, -0.2) is 4.39 Å². The number of hydrogen-bond acceptors (Lipinski definition) is 2. The number of fused-ring (bicyclic) bond motifs is 8. The van der Waals surface area contributed by atoms with Gasteiger partial charge in [0.05, 0.1) is 16.7 Å². The summed E-state index contributed by atoms with van der Waals surface area (Å²) in [7, 11) is 0. The van der Waals surface area contributed by atoms with E-state index in [1.807, 2.05) is 18.2 Å². The molecule has 14 aromatic rings. The number of nitrogens with zero attached hydrogens (tertiary/aromatic N) is 2. The van der Waals surface area contributed by atoms with Crippen molar-refractivity contribution in [2.24, 2.45) is 0 Å². The largest absolute Gasteiger partial charge is 0.455 e. The van der Waals surface area contributed by atoms with E-state index in [1.54, 1.807) is 0 Å². The zero-order valence-electron chi connectivity index (χ0n) is 39.0. The molecule has 0 atom stereocenters. The molecule has 0 spiro atoms. The van der Waals surface area contributed by atoms with Gasteiger partial charge < -0.3 is 13.9 Å². The molecule has 2 aromatic heterocycles. The van der Waals surface area contributed by atoms with Crippen LogP contribution in [0.2, 0.25) is 0 Å². The number of furan rings is 1. The average Bonchev–Trinajstić information content (AvgIpc) is 3.99. The SMILES string of the molecule is Fc1ccc(-c2ccc(-n3c4ccccc4c4ccc(-c5cc(-c6ccc(N(c7ccccc7)c7ccc8ccccc8c7)c7ccccc67)cc(-c6cccc7c6oc6ccccc67)c5)cc43)cc2)cc1. The van der Waals surface area contributed by atoms with Crippen LogP contribution in [0.4, 0.5) is 21.5 Å². The summed E-state index contributed by atoms with van der Waals surface area (Å²) in [6.45, 7) is 0. The van der Waals surface area contributed by atoms with E-state index >= 15 is 0 Å². The summed E-state index contributed by atoms with van der Waals surface area (Å²) in [5.74, 6) is -0.241. The van der Waals surface area contributed by atoms with Gasteiger partial charge in [-0.3, -0.25) is 0 Å². The Labute approximate surface area is 415 Å². The Morgan fingerprint density at radius 2 is 0.958 bits per heavy atom. The molecular formula is C68H43FN2O. The van der Waals surface area contributed by atoms with Crippen molar-refractivity contribution < 1.29 is 8.81 Å². The number of benzene rings is 12. The lowest BCUT2D eigenvalue weighted by molar-refractivity contribution is 0.628. The molecule has 0 bridgehead atoms. The van der Waals surface area contributed by atoms with E-state index < -0.39 is 0 Å². The monoisotopic (exact) mass is 922 g/mol. The standard InChI is InChI=1S/C68H43FN2O/c69-52-31-25-45(26-32-52)46-27-33-54(34-28-46)71-64-23-10-8-19-60(64)61-36-30-48(43-66(61)71)49-39-50(41-51(40-49)57-21-12-22-63-62-20-9-11-24-67(62)72-68(57)63)56-37-38-65(59-18-7-6-17-58(56)59)70(53-15-2-1-3-16-53)55-35-29-44-13-4-5-14-47(44)42-55/h1-43H. The average molecular weight is 923 g/mol. The van der Waals surface area contributed by atoms with Gasteiger partial charge in [-0.05, 0) is 146 Å². The van der Waals surface area contributed by atoms with Gasteiger partial charge in [0.25, 0.3) is 0 Å². The first-order valence-corrected chi connectivity index (χ1v) is 24.4. The fourth-order valence-corrected chi connectivity index (χ4v) is 11.0. The van der Waals surface area contributed by atoms with Crippen molar-refractivity contribution in [3.8, 4) is 50.2 Å². The molecule has 0 amide bonds. The summed E-state index contributed by atoms with van der Waals surface area (Å²) in [4.78, 5) is 2.38. The van der Waals surface area contributed by atoms with Crippen LogP contribution in [0, 0.1) is 5.82 Å². The Balaban J connectivity index is 0.975. The lowest BCUT2D eigenvalue weighted by Gasteiger charge is -2.28. The smallest absolute Gasteiger partial charge is 0.143 e. The Bertz CT molecular complexity index is 4400. The molecule has 12 aromatic carbocycles. The molecule has 0 aliphatic carbocycles. The Morgan fingerprint density at radius 1 is 0.333 bits per heavy atom. The van der Waals surface area contributed by atoms with E-state index in [9.17, 15) is 4.39 Å². The first-order chi connectivity index (χ1) is 35.6.